The van der Waals surface area contributed by atoms with Crippen molar-refractivity contribution in [3.05, 3.63) is 82.0 Å². The summed E-state index contributed by atoms with van der Waals surface area (Å²) in [5, 5.41) is 0. The average molecular weight is 508 g/mol. The number of aryl methyl sites for hydroxylation is 2. The van der Waals surface area contributed by atoms with Gasteiger partial charge in [-0.2, -0.15) is 26.3 Å². The number of nitrogens with zero attached hydrogens (tertiary/aromatic N) is 2. The zero-order valence-electron chi connectivity index (χ0n) is 19.4. The van der Waals surface area contributed by atoms with Crippen LogP contribution in [0, 0.1) is 13.8 Å². The van der Waals surface area contributed by atoms with Crippen LogP contribution in [0.2, 0.25) is 0 Å². The van der Waals surface area contributed by atoms with E-state index >= 15 is 0 Å². The molecule has 4 nitrogen and oxygen atoms in total. The number of carbonyl (C=O) groups is 1. The molecule has 0 N–H and O–H groups in total. The van der Waals surface area contributed by atoms with Crippen molar-refractivity contribution in [3.63, 3.8) is 0 Å². The van der Waals surface area contributed by atoms with Gasteiger partial charge in [-0.05, 0) is 61.2 Å². The first-order chi connectivity index (χ1) is 16.8. The van der Waals surface area contributed by atoms with E-state index in [1.165, 1.54) is 4.90 Å². The smallest absolute Gasteiger partial charge is 0.416 e. The van der Waals surface area contributed by atoms with E-state index in [4.69, 9.17) is 4.74 Å². The van der Waals surface area contributed by atoms with Crippen molar-refractivity contribution in [1.29, 1.82) is 0 Å². The zero-order chi connectivity index (χ0) is 26.3. The molecule has 0 fully saturated rings. The predicted molar refractivity (Wildman–Crippen MR) is 120 cm³/mol. The van der Waals surface area contributed by atoms with E-state index in [2.05, 4.69) is 4.98 Å². The van der Waals surface area contributed by atoms with Crippen molar-refractivity contribution in [3.8, 4) is 17.0 Å². The largest absolute Gasteiger partial charge is 0.477 e. The summed E-state index contributed by atoms with van der Waals surface area (Å²) in [5.41, 5.74) is -0.243. The van der Waals surface area contributed by atoms with Gasteiger partial charge in [-0.3, -0.25) is 4.79 Å². The highest BCUT2D eigenvalue weighted by atomic mass is 19.4. The summed E-state index contributed by atoms with van der Waals surface area (Å²) >= 11 is 0. The summed E-state index contributed by atoms with van der Waals surface area (Å²) < 4.78 is 85.9. The lowest BCUT2D eigenvalue weighted by atomic mass is 9.95. The van der Waals surface area contributed by atoms with Crippen LogP contribution >= 0.6 is 0 Å². The fraction of sp³-hybridized carbons (Fsp3) is 0.308. The molecule has 0 bridgehead atoms. The molecule has 0 aliphatic carbocycles. The molecule has 0 saturated carbocycles. The molecule has 2 heterocycles. The summed E-state index contributed by atoms with van der Waals surface area (Å²) in [4.78, 5) is 19.3. The van der Waals surface area contributed by atoms with Crippen LogP contribution in [0.25, 0.3) is 11.1 Å². The number of ether oxygens (including phenoxy) is 1. The Bertz CT molecular complexity index is 1270. The minimum Gasteiger partial charge on any atom is -0.477 e. The van der Waals surface area contributed by atoms with Gasteiger partial charge in [0.05, 0.1) is 17.7 Å². The summed E-state index contributed by atoms with van der Waals surface area (Å²) in [7, 11) is 0. The van der Waals surface area contributed by atoms with Crippen LogP contribution in [-0.2, 0) is 18.9 Å². The van der Waals surface area contributed by atoms with Crippen LogP contribution < -0.4 is 4.74 Å². The number of hydrogen-bond donors (Lipinski definition) is 0. The van der Waals surface area contributed by atoms with Gasteiger partial charge in [-0.15, -0.1) is 0 Å². The quantitative estimate of drug-likeness (QED) is 0.365. The monoisotopic (exact) mass is 508 g/mol. The topological polar surface area (TPSA) is 42.4 Å². The van der Waals surface area contributed by atoms with Crippen LogP contribution in [0.5, 0.6) is 5.88 Å². The molecule has 190 valence electrons. The molecule has 0 spiro atoms. The number of aromatic nitrogens is 1. The molecule has 0 saturated heterocycles. The van der Waals surface area contributed by atoms with E-state index in [1.807, 2.05) is 25.1 Å². The van der Waals surface area contributed by atoms with E-state index in [1.54, 1.807) is 19.1 Å². The number of rotatable bonds is 3. The molecule has 0 radical (unpaired) electrons. The highest BCUT2D eigenvalue weighted by molar-refractivity contribution is 6.03. The third-order valence-electron chi connectivity index (χ3n) is 5.88. The van der Waals surface area contributed by atoms with Crippen LogP contribution in [0.15, 0.2) is 48.5 Å². The number of amides is 1. The van der Waals surface area contributed by atoms with Crippen LogP contribution in [0.4, 0.5) is 26.3 Å². The fourth-order valence-corrected chi connectivity index (χ4v) is 4.21. The van der Waals surface area contributed by atoms with Gasteiger partial charge in [-0.1, -0.05) is 24.3 Å². The summed E-state index contributed by atoms with van der Waals surface area (Å²) in [6, 6.07) is 10.4. The molecule has 1 aliphatic heterocycles. The van der Waals surface area contributed by atoms with Crippen LogP contribution in [0.1, 0.15) is 44.7 Å². The Labute approximate surface area is 203 Å². The molecular formula is C26H22F6N2O2. The highest BCUT2D eigenvalue weighted by Gasteiger charge is 2.37. The second-order valence-corrected chi connectivity index (χ2v) is 8.65. The van der Waals surface area contributed by atoms with Gasteiger partial charge in [-0.25, -0.2) is 4.98 Å². The van der Waals surface area contributed by atoms with Crippen LogP contribution in [-0.4, -0.2) is 28.9 Å². The van der Waals surface area contributed by atoms with Gasteiger partial charge in [0.2, 0.25) is 5.88 Å². The van der Waals surface area contributed by atoms with Crippen molar-refractivity contribution in [2.45, 2.75) is 39.2 Å². The molecule has 1 amide bonds. The highest BCUT2D eigenvalue weighted by Crippen LogP contribution is 2.38. The first-order valence-corrected chi connectivity index (χ1v) is 11.1. The third-order valence-corrected chi connectivity index (χ3v) is 5.88. The maximum absolute atomic E-state index is 13.7. The summed E-state index contributed by atoms with van der Waals surface area (Å²) in [6.45, 7) is 3.43. The number of benzene rings is 2. The summed E-state index contributed by atoms with van der Waals surface area (Å²) in [5.74, 6) is -0.496. The maximum atomic E-state index is 13.7. The van der Waals surface area contributed by atoms with Gasteiger partial charge >= 0.3 is 12.4 Å². The van der Waals surface area contributed by atoms with E-state index in [-0.39, 0.29) is 36.2 Å². The van der Waals surface area contributed by atoms with Crippen molar-refractivity contribution in [1.82, 2.24) is 9.88 Å². The lowest BCUT2D eigenvalue weighted by Crippen LogP contribution is -2.35. The number of halogens is 6. The van der Waals surface area contributed by atoms with Crippen molar-refractivity contribution >= 4 is 5.91 Å². The number of carbonyl (C=O) groups excluding carboxylic acids is 1. The molecule has 4 rings (SSSR count). The molecule has 1 aliphatic rings. The second-order valence-electron chi connectivity index (χ2n) is 8.65. The number of pyridine rings is 1. The zero-order valence-corrected chi connectivity index (χ0v) is 19.4. The summed E-state index contributed by atoms with van der Waals surface area (Å²) in [6.07, 6.45) is -9.63. The fourth-order valence-electron chi connectivity index (χ4n) is 4.21. The number of alkyl halides is 6. The Balaban J connectivity index is 1.81. The lowest BCUT2D eigenvalue weighted by molar-refractivity contribution is -0.143. The third kappa shape index (κ3) is 5.32. The van der Waals surface area contributed by atoms with Gasteiger partial charge in [0.25, 0.3) is 5.91 Å². The van der Waals surface area contributed by atoms with Crippen LogP contribution in [0.3, 0.4) is 0 Å². The minimum absolute atomic E-state index is 0.0743. The Morgan fingerprint density at radius 1 is 0.917 bits per heavy atom. The SMILES string of the molecule is Cc1cc(-c2ccccc2C)c2c(n1)OCCCN(Cc1cc(C(F)(F)F)cc(C(F)(F)F)c1)C2=O. The molecule has 36 heavy (non-hydrogen) atoms. The second kappa shape index (κ2) is 9.48. The lowest BCUT2D eigenvalue weighted by Gasteiger charge is -2.28. The predicted octanol–water partition coefficient (Wildman–Crippen LogP) is 6.83. The molecule has 1 aromatic heterocycles. The molecule has 0 atom stereocenters. The Kier molecular flexibility index (Phi) is 6.72. The molecule has 3 aromatic rings. The van der Waals surface area contributed by atoms with E-state index < -0.39 is 35.9 Å². The Morgan fingerprint density at radius 2 is 1.56 bits per heavy atom. The number of fused-ring (bicyclic) bond motifs is 1. The standard InChI is InChI=1S/C26H22F6N2O2/c1-15-6-3-4-7-20(15)21-10-16(2)33-23-22(21)24(35)34(8-5-9-36-23)14-17-11-18(25(27,28)29)13-19(12-17)26(30,31)32/h3-4,6-7,10-13H,5,8-9,14H2,1-2H3. The first-order valence-electron chi connectivity index (χ1n) is 11.1. The average Bonchev–Trinajstić information content (AvgIpc) is 2.78. The van der Waals surface area contributed by atoms with Gasteiger partial charge in [0.15, 0.2) is 0 Å². The molecule has 10 heteroatoms. The number of hydrogen-bond acceptors (Lipinski definition) is 3. The Hall–Kier alpha value is -3.56. The van der Waals surface area contributed by atoms with Crippen molar-refractivity contribution in [2.24, 2.45) is 0 Å². The van der Waals surface area contributed by atoms with Crippen molar-refractivity contribution in [2.75, 3.05) is 13.2 Å². The molecule has 2 aromatic carbocycles. The maximum Gasteiger partial charge on any atom is 0.416 e. The van der Waals surface area contributed by atoms with Gasteiger partial charge < -0.3 is 9.64 Å². The van der Waals surface area contributed by atoms with E-state index in [0.717, 1.165) is 11.1 Å². The van der Waals surface area contributed by atoms with Crippen molar-refractivity contribution < 1.29 is 35.9 Å². The van der Waals surface area contributed by atoms with E-state index in [0.29, 0.717) is 29.8 Å². The van der Waals surface area contributed by atoms with Gasteiger partial charge in [0, 0.05) is 24.3 Å². The molecular weight excluding hydrogens is 486 g/mol. The van der Waals surface area contributed by atoms with E-state index in [9.17, 15) is 31.1 Å². The van der Waals surface area contributed by atoms with Gasteiger partial charge in [0.1, 0.15) is 5.56 Å². The Morgan fingerprint density at radius 3 is 2.17 bits per heavy atom. The normalized spacial score (nSPS) is 14.7. The molecule has 0 unspecified atom stereocenters. The first kappa shape index (κ1) is 25.5. The minimum atomic E-state index is -4.98.